The van der Waals surface area contributed by atoms with E-state index in [1.807, 2.05) is 12.4 Å². The largest absolute Gasteiger partial charge is 0.309 e. The van der Waals surface area contributed by atoms with Crippen molar-refractivity contribution in [3.8, 4) is 56.1 Å². The van der Waals surface area contributed by atoms with Crippen molar-refractivity contribution < 1.29 is 0 Å². The van der Waals surface area contributed by atoms with Crippen molar-refractivity contribution in [3.05, 3.63) is 182 Å². The summed E-state index contributed by atoms with van der Waals surface area (Å²) in [6.45, 7) is 0. The highest BCUT2D eigenvalue weighted by Gasteiger charge is 2.24. The molecule has 1 aliphatic carbocycles. The van der Waals surface area contributed by atoms with Crippen LogP contribution in [-0.2, 0) is 0 Å². The Kier molecular flexibility index (Phi) is 6.02. The average Bonchev–Trinajstić information content (AvgIpc) is 3.87. The van der Waals surface area contributed by atoms with Crippen molar-refractivity contribution in [2.75, 3.05) is 0 Å². The van der Waals surface area contributed by atoms with Crippen LogP contribution in [0, 0.1) is 0 Å². The van der Waals surface area contributed by atoms with E-state index in [-0.39, 0.29) is 0 Å². The quantitative estimate of drug-likeness (QED) is 0.185. The topological polar surface area (TPSA) is 35.6 Å². The van der Waals surface area contributed by atoms with Gasteiger partial charge in [0.05, 0.1) is 27.8 Å². The van der Waals surface area contributed by atoms with E-state index in [0.29, 0.717) is 0 Å². The number of aromatic nitrogens is 4. The van der Waals surface area contributed by atoms with E-state index in [2.05, 4.69) is 179 Å². The molecule has 0 unspecified atom stereocenters. The summed E-state index contributed by atoms with van der Waals surface area (Å²) < 4.78 is 4.71. The highest BCUT2D eigenvalue weighted by atomic mass is 15.1. The van der Waals surface area contributed by atoms with E-state index in [1.54, 1.807) is 0 Å². The number of pyridine rings is 2. The van der Waals surface area contributed by atoms with Crippen LogP contribution in [0.3, 0.4) is 0 Å². The Morgan fingerprint density at radius 2 is 1.00 bits per heavy atom. The highest BCUT2D eigenvalue weighted by molar-refractivity contribution is 6.15. The fourth-order valence-corrected chi connectivity index (χ4v) is 8.92. The summed E-state index contributed by atoms with van der Waals surface area (Å²) in [5.74, 6) is 0.906. The van der Waals surface area contributed by atoms with Crippen LogP contribution in [0.2, 0.25) is 0 Å². The molecule has 12 rings (SSSR count). The molecule has 0 radical (unpaired) electrons. The summed E-state index contributed by atoms with van der Waals surface area (Å²) in [6, 6.07) is 61.5. The molecule has 0 spiro atoms. The molecule has 0 fully saturated rings. The zero-order valence-corrected chi connectivity index (χ0v) is 29.1. The van der Waals surface area contributed by atoms with Crippen LogP contribution in [0.25, 0.3) is 111 Å². The molecule has 0 bridgehead atoms. The summed E-state index contributed by atoms with van der Waals surface area (Å²) in [6.07, 6.45) is 3.90. The van der Waals surface area contributed by atoms with Crippen LogP contribution in [0.1, 0.15) is 0 Å². The molecule has 250 valence electrons. The molecule has 4 heteroatoms. The predicted octanol–water partition coefficient (Wildman–Crippen LogP) is 12.8. The lowest BCUT2D eigenvalue weighted by molar-refractivity contribution is 1.08. The van der Waals surface area contributed by atoms with Crippen molar-refractivity contribution in [1.82, 2.24) is 19.1 Å². The summed E-state index contributed by atoms with van der Waals surface area (Å²) in [4.78, 5) is 9.85. The lowest BCUT2D eigenvalue weighted by Gasteiger charge is -2.11. The third-order valence-electron chi connectivity index (χ3n) is 11.3. The van der Waals surface area contributed by atoms with E-state index >= 15 is 0 Å². The van der Waals surface area contributed by atoms with Crippen molar-refractivity contribution in [2.45, 2.75) is 0 Å². The third-order valence-corrected chi connectivity index (χ3v) is 11.3. The molecule has 0 N–H and O–H groups in total. The third kappa shape index (κ3) is 4.13. The van der Waals surface area contributed by atoms with Crippen LogP contribution in [-0.4, -0.2) is 19.1 Å². The molecule has 0 saturated carbocycles. The van der Waals surface area contributed by atoms with Crippen LogP contribution in [0.15, 0.2) is 182 Å². The zero-order chi connectivity index (χ0) is 35.3. The minimum Gasteiger partial charge on any atom is -0.309 e. The Labute approximate surface area is 310 Å². The Bertz CT molecular complexity index is 3330. The first kappa shape index (κ1) is 29.3. The van der Waals surface area contributed by atoms with Gasteiger partial charge in [0.1, 0.15) is 5.82 Å². The SMILES string of the molecule is c1ccc(-c2cccc(-n3c4ccccc4c4cc(-c5ccc6c(c5)c5ccccc5n6-c5cc6c(cn5)-c5nccc7cccc-6c57)ccc43)c2)cc1. The van der Waals surface area contributed by atoms with Gasteiger partial charge >= 0.3 is 0 Å². The predicted molar refractivity (Wildman–Crippen MR) is 224 cm³/mol. The Balaban J connectivity index is 1.01. The monoisotopic (exact) mass is 686 g/mol. The number of para-hydroxylation sites is 2. The molecule has 4 nitrogen and oxygen atoms in total. The molecule has 7 aromatic carbocycles. The van der Waals surface area contributed by atoms with E-state index in [9.17, 15) is 0 Å². The summed E-state index contributed by atoms with van der Waals surface area (Å²) in [5.41, 5.74) is 15.1. The lowest BCUT2D eigenvalue weighted by atomic mass is 10.0. The Morgan fingerprint density at radius 1 is 0.370 bits per heavy atom. The van der Waals surface area contributed by atoms with Crippen molar-refractivity contribution in [2.24, 2.45) is 0 Å². The fourth-order valence-electron chi connectivity index (χ4n) is 8.92. The maximum atomic E-state index is 5.08. The number of rotatable bonds is 4. The summed E-state index contributed by atoms with van der Waals surface area (Å²) >= 11 is 0. The second-order valence-electron chi connectivity index (χ2n) is 14.2. The van der Waals surface area contributed by atoms with Gasteiger partial charge in [-0.3, -0.25) is 9.55 Å². The molecule has 0 amide bonds. The molecular weight excluding hydrogens is 657 g/mol. The molecule has 0 saturated heterocycles. The molecule has 0 atom stereocenters. The minimum absolute atomic E-state index is 0.906. The first-order chi connectivity index (χ1) is 26.8. The first-order valence-electron chi connectivity index (χ1n) is 18.4. The second-order valence-corrected chi connectivity index (χ2v) is 14.2. The maximum absolute atomic E-state index is 5.08. The van der Waals surface area contributed by atoms with Crippen LogP contribution in [0.4, 0.5) is 0 Å². The normalized spacial score (nSPS) is 12.1. The summed E-state index contributed by atoms with van der Waals surface area (Å²) in [7, 11) is 0. The molecule has 11 aromatic rings. The van der Waals surface area contributed by atoms with Gasteiger partial charge in [0.25, 0.3) is 0 Å². The van der Waals surface area contributed by atoms with E-state index in [4.69, 9.17) is 9.97 Å². The van der Waals surface area contributed by atoms with Crippen LogP contribution >= 0.6 is 0 Å². The minimum atomic E-state index is 0.906. The molecular formula is C50H30N4. The maximum Gasteiger partial charge on any atom is 0.138 e. The molecule has 54 heavy (non-hydrogen) atoms. The van der Waals surface area contributed by atoms with Crippen molar-refractivity contribution >= 4 is 54.4 Å². The zero-order valence-electron chi connectivity index (χ0n) is 29.1. The van der Waals surface area contributed by atoms with Gasteiger partial charge in [0, 0.05) is 50.6 Å². The standard InChI is InChI=1S/C50H30N4/c1-2-10-31(11-3-1)33-13-8-14-36(26-33)53-44-18-6-4-15-37(44)41-27-34(20-22-46(41)53)35-21-23-47-42(28-35)38-16-5-7-19-45(38)54(47)48-29-40-39-17-9-12-32-24-25-51-50(49(32)39)43(40)30-52-48/h1-30H. The van der Waals surface area contributed by atoms with Crippen LogP contribution in [0.5, 0.6) is 0 Å². The number of hydrogen-bond donors (Lipinski definition) is 0. The molecule has 1 aliphatic rings. The van der Waals surface area contributed by atoms with Gasteiger partial charge < -0.3 is 4.57 Å². The van der Waals surface area contributed by atoms with Crippen LogP contribution < -0.4 is 0 Å². The number of hydrogen-bond acceptors (Lipinski definition) is 2. The Hall–Kier alpha value is -7.30. The van der Waals surface area contributed by atoms with Gasteiger partial charge in [-0.1, -0.05) is 109 Å². The molecule has 0 aliphatic heterocycles. The van der Waals surface area contributed by atoms with Crippen molar-refractivity contribution in [3.63, 3.8) is 0 Å². The van der Waals surface area contributed by atoms with E-state index in [0.717, 1.165) is 33.8 Å². The van der Waals surface area contributed by atoms with E-state index in [1.165, 1.54) is 76.7 Å². The van der Waals surface area contributed by atoms with E-state index < -0.39 is 0 Å². The summed E-state index contributed by atoms with van der Waals surface area (Å²) in [5, 5.41) is 7.31. The number of benzene rings is 7. The first-order valence-corrected chi connectivity index (χ1v) is 18.4. The van der Waals surface area contributed by atoms with Gasteiger partial charge in [-0.2, -0.15) is 0 Å². The van der Waals surface area contributed by atoms with Gasteiger partial charge in [-0.15, -0.1) is 0 Å². The van der Waals surface area contributed by atoms with Gasteiger partial charge in [0.2, 0.25) is 0 Å². The van der Waals surface area contributed by atoms with Gasteiger partial charge in [0.15, 0.2) is 0 Å². The van der Waals surface area contributed by atoms with Gasteiger partial charge in [-0.05, 0) is 99.4 Å². The smallest absolute Gasteiger partial charge is 0.138 e. The van der Waals surface area contributed by atoms with Crippen molar-refractivity contribution in [1.29, 1.82) is 0 Å². The lowest BCUT2D eigenvalue weighted by Crippen LogP contribution is -1.98. The van der Waals surface area contributed by atoms with Gasteiger partial charge in [-0.25, -0.2) is 4.98 Å². The number of nitrogens with zero attached hydrogens (tertiary/aromatic N) is 4. The second kappa shape index (κ2) is 11.1. The Morgan fingerprint density at radius 3 is 1.78 bits per heavy atom. The molecule has 4 heterocycles. The highest BCUT2D eigenvalue weighted by Crippen LogP contribution is 2.47. The number of fused-ring (bicyclic) bond motifs is 9. The average molecular weight is 687 g/mol. The molecule has 4 aromatic heterocycles. The fraction of sp³-hybridized carbons (Fsp3) is 0.